The van der Waals surface area contributed by atoms with Gasteiger partial charge in [0.25, 0.3) is 0 Å². The van der Waals surface area contributed by atoms with Crippen LogP contribution in [-0.4, -0.2) is 37.2 Å². The summed E-state index contributed by atoms with van der Waals surface area (Å²) < 4.78 is 16.8. The highest BCUT2D eigenvalue weighted by molar-refractivity contribution is 5.71. The molecule has 0 fully saturated rings. The Labute approximate surface area is 415 Å². The lowest BCUT2D eigenvalue weighted by Gasteiger charge is -2.18. The van der Waals surface area contributed by atoms with E-state index in [1.54, 1.807) is 0 Å². The molecule has 0 radical (unpaired) electrons. The van der Waals surface area contributed by atoms with Crippen LogP contribution in [0.15, 0.2) is 60.8 Å². The van der Waals surface area contributed by atoms with Gasteiger partial charge in [-0.05, 0) is 103 Å². The van der Waals surface area contributed by atoms with Crippen molar-refractivity contribution in [1.29, 1.82) is 0 Å². The predicted octanol–water partition coefficient (Wildman–Crippen LogP) is 19.2. The summed E-state index contributed by atoms with van der Waals surface area (Å²) in [6.45, 7) is 6.57. The number of carbonyl (C=O) groups excluding carboxylic acids is 3. The molecule has 0 spiro atoms. The summed E-state index contributed by atoms with van der Waals surface area (Å²) in [5.41, 5.74) is 0. The van der Waals surface area contributed by atoms with Crippen LogP contribution in [0.25, 0.3) is 0 Å². The van der Waals surface area contributed by atoms with Crippen LogP contribution in [0, 0.1) is 0 Å². The number of allylic oxidation sites excluding steroid dienone is 10. The third kappa shape index (κ3) is 53.9. The molecule has 6 heteroatoms. The first-order valence-corrected chi connectivity index (χ1v) is 28.8. The lowest BCUT2D eigenvalue weighted by molar-refractivity contribution is -0.167. The van der Waals surface area contributed by atoms with Crippen molar-refractivity contribution in [3.05, 3.63) is 60.8 Å². The number of hydrogen-bond donors (Lipinski definition) is 0. The molecule has 0 aromatic carbocycles. The smallest absolute Gasteiger partial charge is 0.306 e. The Kier molecular flexibility index (Phi) is 53.3. The molecule has 0 aliphatic carbocycles. The third-order valence-electron chi connectivity index (χ3n) is 12.5. The molecule has 1 atom stereocenters. The predicted molar refractivity (Wildman–Crippen MR) is 288 cm³/mol. The molecular weight excluding hydrogens is 829 g/mol. The largest absolute Gasteiger partial charge is 0.462 e. The molecule has 0 aromatic rings. The molecule has 388 valence electrons. The number of hydrogen-bond acceptors (Lipinski definition) is 6. The molecule has 0 rings (SSSR count). The number of ether oxygens (including phenoxy) is 3. The molecular formula is C61H108O6. The Bertz CT molecular complexity index is 1210. The van der Waals surface area contributed by atoms with Crippen LogP contribution in [0.2, 0.25) is 0 Å². The van der Waals surface area contributed by atoms with Crippen LogP contribution < -0.4 is 0 Å². The van der Waals surface area contributed by atoms with Gasteiger partial charge in [0.05, 0.1) is 0 Å². The second-order valence-electron chi connectivity index (χ2n) is 19.2. The van der Waals surface area contributed by atoms with Crippen LogP contribution in [-0.2, 0) is 28.6 Å². The standard InChI is InChI=1S/C61H108O6/c1-4-7-10-13-16-19-22-24-26-28-30-32-34-36-39-42-45-48-51-54-60(63)66-57-58(56-65-59(62)53-50-47-44-41-38-21-18-15-12-9-6-3)67-61(64)55-52-49-46-43-40-37-35-33-31-29-27-25-23-20-17-14-11-8-5-2/h15-16,18-19,24-27,30,32,58H,4-14,17,20-23,28-29,31,33-57H2,1-3H3/b18-15-,19-16-,26-24-,27-25-,32-30-. The van der Waals surface area contributed by atoms with Crippen molar-refractivity contribution < 1.29 is 28.6 Å². The van der Waals surface area contributed by atoms with E-state index in [2.05, 4.69) is 81.5 Å². The third-order valence-corrected chi connectivity index (χ3v) is 12.5. The van der Waals surface area contributed by atoms with Gasteiger partial charge >= 0.3 is 17.9 Å². The van der Waals surface area contributed by atoms with Gasteiger partial charge in [0.1, 0.15) is 13.2 Å². The zero-order valence-electron chi connectivity index (χ0n) is 44.4. The summed E-state index contributed by atoms with van der Waals surface area (Å²) in [6, 6.07) is 0. The van der Waals surface area contributed by atoms with Gasteiger partial charge in [0.15, 0.2) is 6.10 Å². The highest BCUT2D eigenvalue weighted by atomic mass is 16.6. The first kappa shape index (κ1) is 64.1. The van der Waals surface area contributed by atoms with Crippen molar-refractivity contribution in [1.82, 2.24) is 0 Å². The maximum Gasteiger partial charge on any atom is 0.306 e. The van der Waals surface area contributed by atoms with E-state index in [4.69, 9.17) is 14.2 Å². The van der Waals surface area contributed by atoms with E-state index in [0.29, 0.717) is 19.3 Å². The van der Waals surface area contributed by atoms with Crippen molar-refractivity contribution in [3.8, 4) is 0 Å². The van der Waals surface area contributed by atoms with Gasteiger partial charge < -0.3 is 14.2 Å². The van der Waals surface area contributed by atoms with Crippen LogP contribution in [0.3, 0.4) is 0 Å². The van der Waals surface area contributed by atoms with Crippen molar-refractivity contribution >= 4 is 17.9 Å². The molecule has 0 aliphatic heterocycles. The Morgan fingerprint density at radius 3 is 0.925 bits per heavy atom. The average Bonchev–Trinajstić information content (AvgIpc) is 3.33. The van der Waals surface area contributed by atoms with Gasteiger partial charge in [-0.3, -0.25) is 14.4 Å². The van der Waals surface area contributed by atoms with Gasteiger partial charge in [0, 0.05) is 19.3 Å². The average molecular weight is 938 g/mol. The summed E-state index contributed by atoms with van der Waals surface area (Å²) in [6.07, 6.45) is 69.2. The summed E-state index contributed by atoms with van der Waals surface area (Å²) in [4.78, 5) is 38.1. The summed E-state index contributed by atoms with van der Waals surface area (Å²) in [7, 11) is 0. The second kappa shape index (κ2) is 55.7. The fraction of sp³-hybridized carbons (Fsp3) is 0.787. The minimum atomic E-state index is -0.783. The van der Waals surface area contributed by atoms with E-state index in [1.165, 1.54) is 167 Å². The van der Waals surface area contributed by atoms with Crippen molar-refractivity contribution in [3.63, 3.8) is 0 Å². The number of carbonyl (C=O) groups is 3. The molecule has 0 N–H and O–H groups in total. The SMILES string of the molecule is CCCC/C=C\CCCCCCCC(=O)OCC(COC(=O)CCCCCCCC/C=C\C/C=C\C/C=C\CCCCC)OC(=O)CCCCCCCCCCC/C=C\CCCCCCCC. The topological polar surface area (TPSA) is 78.9 Å². The van der Waals surface area contributed by atoms with Crippen molar-refractivity contribution in [2.24, 2.45) is 0 Å². The lowest BCUT2D eigenvalue weighted by atomic mass is 10.1. The highest BCUT2D eigenvalue weighted by Gasteiger charge is 2.19. The molecule has 67 heavy (non-hydrogen) atoms. The van der Waals surface area contributed by atoms with E-state index in [0.717, 1.165) is 83.5 Å². The number of esters is 3. The molecule has 0 amide bonds. The van der Waals surface area contributed by atoms with E-state index in [1.807, 2.05) is 0 Å². The van der Waals surface area contributed by atoms with E-state index < -0.39 is 6.10 Å². The molecule has 0 bridgehead atoms. The van der Waals surface area contributed by atoms with Crippen LogP contribution in [0.1, 0.15) is 290 Å². The Balaban J connectivity index is 4.35. The Morgan fingerprint density at radius 1 is 0.299 bits per heavy atom. The molecule has 0 saturated heterocycles. The van der Waals surface area contributed by atoms with Gasteiger partial charge in [-0.15, -0.1) is 0 Å². The Morgan fingerprint density at radius 2 is 0.552 bits per heavy atom. The molecule has 0 aliphatic rings. The van der Waals surface area contributed by atoms with E-state index in [9.17, 15) is 14.4 Å². The first-order chi connectivity index (χ1) is 33.0. The maximum absolute atomic E-state index is 12.8. The minimum Gasteiger partial charge on any atom is -0.462 e. The first-order valence-electron chi connectivity index (χ1n) is 28.8. The van der Waals surface area contributed by atoms with Crippen molar-refractivity contribution in [2.45, 2.75) is 297 Å². The van der Waals surface area contributed by atoms with Gasteiger partial charge in [-0.25, -0.2) is 0 Å². The Hall–Kier alpha value is -2.89. The molecule has 0 aromatic heterocycles. The normalized spacial score (nSPS) is 12.5. The number of unbranched alkanes of at least 4 members (excludes halogenated alkanes) is 31. The highest BCUT2D eigenvalue weighted by Crippen LogP contribution is 2.15. The summed E-state index contributed by atoms with van der Waals surface area (Å²) in [5, 5.41) is 0. The monoisotopic (exact) mass is 937 g/mol. The molecule has 1 unspecified atom stereocenters. The van der Waals surface area contributed by atoms with E-state index in [-0.39, 0.29) is 31.1 Å². The van der Waals surface area contributed by atoms with Gasteiger partial charge in [0.2, 0.25) is 0 Å². The van der Waals surface area contributed by atoms with Gasteiger partial charge in [-0.1, -0.05) is 229 Å². The molecule has 0 heterocycles. The number of rotatable bonds is 52. The summed E-state index contributed by atoms with van der Waals surface area (Å²) in [5.74, 6) is -0.897. The van der Waals surface area contributed by atoms with E-state index >= 15 is 0 Å². The minimum absolute atomic E-state index is 0.0829. The van der Waals surface area contributed by atoms with Crippen LogP contribution in [0.4, 0.5) is 0 Å². The lowest BCUT2D eigenvalue weighted by Crippen LogP contribution is -2.30. The van der Waals surface area contributed by atoms with Gasteiger partial charge in [-0.2, -0.15) is 0 Å². The maximum atomic E-state index is 12.8. The zero-order valence-corrected chi connectivity index (χ0v) is 44.4. The fourth-order valence-corrected chi connectivity index (χ4v) is 8.07. The quantitative estimate of drug-likeness (QED) is 0.0262. The van der Waals surface area contributed by atoms with Crippen molar-refractivity contribution in [2.75, 3.05) is 13.2 Å². The zero-order chi connectivity index (χ0) is 48.6. The fourth-order valence-electron chi connectivity index (χ4n) is 8.07. The summed E-state index contributed by atoms with van der Waals surface area (Å²) >= 11 is 0. The second-order valence-corrected chi connectivity index (χ2v) is 19.2. The molecule has 6 nitrogen and oxygen atoms in total. The molecule has 0 saturated carbocycles. The van der Waals surface area contributed by atoms with Crippen LogP contribution >= 0.6 is 0 Å². The van der Waals surface area contributed by atoms with Crippen LogP contribution in [0.5, 0.6) is 0 Å².